The molecule has 0 aliphatic carbocycles. The number of aromatic nitrogens is 4. The number of nitrogens with two attached hydrogens (primary N) is 1. The third-order valence-corrected chi connectivity index (χ3v) is 3.48. The Hall–Kier alpha value is -1.80. The molecule has 2 aromatic rings. The van der Waals surface area contributed by atoms with Gasteiger partial charge in [-0.2, -0.15) is 0 Å². The van der Waals surface area contributed by atoms with Crippen LogP contribution in [0.5, 0.6) is 0 Å². The number of nitrogens with one attached hydrogen (secondary N) is 2. The number of nitrogen functional groups attached to an aromatic ring is 1. The monoisotopic (exact) mass is 280 g/mol. The largest absolute Gasteiger partial charge is 0.344 e. The van der Waals surface area contributed by atoms with Crippen LogP contribution in [0.1, 0.15) is 25.6 Å². The first-order valence-corrected chi connectivity index (χ1v) is 6.82. The van der Waals surface area contributed by atoms with Crippen LogP contribution in [0.25, 0.3) is 0 Å². The molecule has 0 bridgehead atoms. The van der Waals surface area contributed by atoms with Gasteiger partial charge in [-0.3, -0.25) is 4.57 Å². The van der Waals surface area contributed by atoms with Gasteiger partial charge in [-0.05, 0) is 26.0 Å². The van der Waals surface area contributed by atoms with Crippen molar-refractivity contribution in [2.45, 2.75) is 30.8 Å². The molecule has 19 heavy (non-hydrogen) atoms. The highest BCUT2D eigenvalue weighted by molar-refractivity contribution is 7.98. The summed E-state index contributed by atoms with van der Waals surface area (Å²) < 4.78 is 1.62. The number of H-pyrrole nitrogens is 1. The van der Waals surface area contributed by atoms with Gasteiger partial charge in [-0.1, -0.05) is 17.8 Å². The van der Waals surface area contributed by atoms with E-state index in [4.69, 9.17) is 5.84 Å². The summed E-state index contributed by atoms with van der Waals surface area (Å²) in [6.07, 6.45) is 0. The maximum absolute atomic E-state index is 11.6. The molecule has 2 aromatic heterocycles. The van der Waals surface area contributed by atoms with Crippen LogP contribution >= 0.6 is 11.8 Å². The number of anilines is 1. The maximum Gasteiger partial charge on any atom is 0.344 e. The van der Waals surface area contributed by atoms with Gasteiger partial charge >= 0.3 is 5.69 Å². The number of hydrogen-bond donors (Lipinski definition) is 3. The fourth-order valence-corrected chi connectivity index (χ4v) is 2.61. The van der Waals surface area contributed by atoms with Gasteiger partial charge in [0, 0.05) is 11.8 Å². The normalized spacial score (nSPS) is 10.9. The highest BCUT2D eigenvalue weighted by Crippen LogP contribution is 2.21. The molecular formula is C11H16N6OS. The van der Waals surface area contributed by atoms with E-state index in [0.29, 0.717) is 16.7 Å². The lowest BCUT2D eigenvalue weighted by Crippen LogP contribution is -2.19. The first-order valence-electron chi connectivity index (χ1n) is 5.84. The van der Waals surface area contributed by atoms with Crippen molar-refractivity contribution in [3.63, 3.8) is 0 Å². The average molecular weight is 280 g/mol. The Morgan fingerprint density at radius 3 is 3.00 bits per heavy atom. The van der Waals surface area contributed by atoms with Crippen LogP contribution in [0.4, 0.5) is 5.82 Å². The van der Waals surface area contributed by atoms with Crippen LogP contribution in [-0.2, 0) is 5.75 Å². The summed E-state index contributed by atoms with van der Waals surface area (Å²) >= 11 is 1.46. The minimum Gasteiger partial charge on any atom is -0.308 e. The molecule has 0 aliphatic rings. The molecule has 0 atom stereocenters. The molecule has 0 saturated heterocycles. The van der Waals surface area contributed by atoms with Gasteiger partial charge in [-0.25, -0.2) is 20.7 Å². The fraction of sp³-hybridized carbons (Fsp3) is 0.364. The number of pyridine rings is 1. The van der Waals surface area contributed by atoms with Crippen LogP contribution in [0.3, 0.4) is 0 Å². The Labute approximate surface area is 114 Å². The van der Waals surface area contributed by atoms with E-state index in [0.717, 1.165) is 5.69 Å². The third kappa shape index (κ3) is 3.15. The molecule has 0 fully saturated rings. The van der Waals surface area contributed by atoms with Crippen molar-refractivity contribution in [3.05, 3.63) is 34.4 Å². The molecule has 2 rings (SSSR count). The predicted molar refractivity (Wildman–Crippen MR) is 74.8 cm³/mol. The van der Waals surface area contributed by atoms with Crippen molar-refractivity contribution >= 4 is 17.6 Å². The summed E-state index contributed by atoms with van der Waals surface area (Å²) in [4.78, 5) is 15.9. The number of aromatic amines is 1. The summed E-state index contributed by atoms with van der Waals surface area (Å²) in [5.74, 6) is 6.54. The van der Waals surface area contributed by atoms with Crippen molar-refractivity contribution in [1.29, 1.82) is 0 Å². The van der Waals surface area contributed by atoms with Gasteiger partial charge in [-0.15, -0.1) is 5.10 Å². The molecule has 0 aliphatic heterocycles. The zero-order valence-electron chi connectivity index (χ0n) is 10.8. The van der Waals surface area contributed by atoms with Gasteiger partial charge in [0.05, 0.1) is 5.69 Å². The molecule has 7 nitrogen and oxygen atoms in total. The Morgan fingerprint density at radius 1 is 1.53 bits per heavy atom. The standard InChI is InChI=1S/C11H16N6OS/c1-7(2)17-10(18)15-16-11(17)19-6-8-4-3-5-9(13-8)14-12/h3-5,7H,6,12H2,1-2H3,(H,13,14)(H,15,18). The zero-order chi connectivity index (χ0) is 13.8. The van der Waals surface area contributed by atoms with E-state index < -0.39 is 0 Å². The minimum atomic E-state index is -0.192. The predicted octanol–water partition coefficient (Wildman–Crippen LogP) is 1.13. The molecule has 2 heterocycles. The van der Waals surface area contributed by atoms with Gasteiger partial charge in [0.25, 0.3) is 0 Å². The van der Waals surface area contributed by atoms with Crippen molar-refractivity contribution in [2.75, 3.05) is 5.43 Å². The first-order chi connectivity index (χ1) is 9.11. The maximum atomic E-state index is 11.6. The summed E-state index contributed by atoms with van der Waals surface area (Å²) in [5.41, 5.74) is 3.18. The lowest BCUT2D eigenvalue weighted by atomic mass is 10.4. The SMILES string of the molecule is CC(C)n1c(SCc2cccc(NN)n2)n[nH]c1=O. The summed E-state index contributed by atoms with van der Waals surface area (Å²) in [5, 5.41) is 7.14. The smallest absolute Gasteiger partial charge is 0.308 e. The molecule has 8 heteroatoms. The lowest BCUT2D eigenvalue weighted by Gasteiger charge is -2.08. The second kappa shape index (κ2) is 5.89. The molecule has 0 radical (unpaired) electrons. The van der Waals surface area contributed by atoms with E-state index in [1.807, 2.05) is 26.0 Å². The second-order valence-corrected chi connectivity index (χ2v) is 5.16. The number of hydrazine groups is 1. The van der Waals surface area contributed by atoms with Gasteiger partial charge in [0.2, 0.25) is 0 Å². The Kier molecular flexibility index (Phi) is 4.23. The molecular weight excluding hydrogens is 264 g/mol. The average Bonchev–Trinajstić information content (AvgIpc) is 2.78. The van der Waals surface area contributed by atoms with Crippen LogP contribution in [-0.4, -0.2) is 19.7 Å². The number of thioether (sulfide) groups is 1. The molecule has 0 spiro atoms. The second-order valence-electron chi connectivity index (χ2n) is 4.22. The van der Waals surface area contributed by atoms with Crippen molar-refractivity contribution in [1.82, 2.24) is 19.7 Å². The topological polar surface area (TPSA) is 102 Å². The van der Waals surface area contributed by atoms with Crippen LogP contribution < -0.4 is 17.0 Å². The molecule has 102 valence electrons. The number of hydrogen-bond acceptors (Lipinski definition) is 6. The van der Waals surface area contributed by atoms with Crippen LogP contribution in [0.2, 0.25) is 0 Å². The third-order valence-electron chi connectivity index (χ3n) is 2.49. The zero-order valence-corrected chi connectivity index (χ0v) is 11.6. The number of nitrogens with zero attached hydrogens (tertiary/aromatic N) is 3. The van der Waals surface area contributed by atoms with E-state index in [-0.39, 0.29) is 11.7 Å². The summed E-state index contributed by atoms with van der Waals surface area (Å²) in [6, 6.07) is 5.63. The van der Waals surface area contributed by atoms with Crippen molar-refractivity contribution < 1.29 is 0 Å². The van der Waals surface area contributed by atoms with Gasteiger partial charge in [0.15, 0.2) is 5.16 Å². The quantitative estimate of drug-likeness (QED) is 0.431. The number of rotatable bonds is 5. The Balaban J connectivity index is 2.12. The first kappa shape index (κ1) is 13.6. The molecule has 0 unspecified atom stereocenters. The lowest BCUT2D eigenvalue weighted by molar-refractivity contribution is 0.534. The Morgan fingerprint density at radius 2 is 2.32 bits per heavy atom. The van der Waals surface area contributed by atoms with Crippen molar-refractivity contribution in [3.8, 4) is 0 Å². The highest BCUT2D eigenvalue weighted by atomic mass is 32.2. The molecule has 0 aromatic carbocycles. The molecule has 0 saturated carbocycles. The summed E-state index contributed by atoms with van der Waals surface area (Å²) in [7, 11) is 0. The van der Waals surface area contributed by atoms with Gasteiger partial charge < -0.3 is 5.43 Å². The van der Waals surface area contributed by atoms with E-state index in [9.17, 15) is 4.79 Å². The molecule has 0 amide bonds. The van der Waals surface area contributed by atoms with Crippen LogP contribution in [0.15, 0.2) is 28.2 Å². The van der Waals surface area contributed by atoms with Gasteiger partial charge in [0.1, 0.15) is 5.82 Å². The Bertz CT molecular complexity index is 605. The molecule has 4 N–H and O–H groups in total. The van der Waals surface area contributed by atoms with E-state index in [1.54, 1.807) is 10.6 Å². The van der Waals surface area contributed by atoms with E-state index >= 15 is 0 Å². The van der Waals surface area contributed by atoms with E-state index in [1.165, 1.54) is 11.8 Å². The van der Waals surface area contributed by atoms with Crippen molar-refractivity contribution in [2.24, 2.45) is 5.84 Å². The summed E-state index contributed by atoms with van der Waals surface area (Å²) in [6.45, 7) is 3.89. The fourth-order valence-electron chi connectivity index (χ4n) is 1.63. The van der Waals surface area contributed by atoms with E-state index in [2.05, 4.69) is 20.6 Å². The van der Waals surface area contributed by atoms with Crippen LogP contribution in [0, 0.1) is 0 Å². The highest BCUT2D eigenvalue weighted by Gasteiger charge is 2.12. The minimum absolute atomic E-state index is 0.0683.